The molecule has 0 saturated heterocycles. The molecule has 2 aromatic rings. The molecule has 23 heavy (non-hydrogen) atoms. The summed E-state index contributed by atoms with van der Waals surface area (Å²) in [7, 11) is 0. The summed E-state index contributed by atoms with van der Waals surface area (Å²) >= 11 is 0. The number of carbonyl (C=O) groups excluding carboxylic acids is 1. The number of benzene rings is 2. The molecule has 2 N–H and O–H groups in total. The van der Waals surface area contributed by atoms with E-state index in [1.54, 1.807) is 0 Å². The summed E-state index contributed by atoms with van der Waals surface area (Å²) in [6.45, 7) is -0.246. The summed E-state index contributed by atoms with van der Waals surface area (Å²) in [5, 5.41) is 4.95. The highest BCUT2D eigenvalue weighted by Crippen LogP contribution is 2.29. The van der Waals surface area contributed by atoms with Crippen molar-refractivity contribution in [2.75, 3.05) is 17.2 Å². The highest BCUT2D eigenvalue weighted by molar-refractivity contribution is 5.93. The van der Waals surface area contributed by atoms with Gasteiger partial charge in [0.05, 0.1) is 12.1 Å². The fourth-order valence-corrected chi connectivity index (χ4v) is 1.74. The lowest BCUT2D eigenvalue weighted by Gasteiger charge is -2.10. The van der Waals surface area contributed by atoms with Crippen molar-refractivity contribution >= 4 is 17.3 Å². The molecule has 0 spiro atoms. The molecule has 0 bridgehead atoms. The summed E-state index contributed by atoms with van der Waals surface area (Å²) in [4.78, 5) is 11.6. The van der Waals surface area contributed by atoms with Gasteiger partial charge in [-0.15, -0.1) is 0 Å². The van der Waals surface area contributed by atoms with Gasteiger partial charge in [-0.25, -0.2) is 8.78 Å². The van der Waals surface area contributed by atoms with Crippen LogP contribution >= 0.6 is 0 Å². The maximum absolute atomic E-state index is 13.0. The van der Waals surface area contributed by atoms with E-state index in [4.69, 9.17) is 0 Å². The van der Waals surface area contributed by atoms with E-state index in [-0.39, 0.29) is 12.2 Å². The number of rotatable bonds is 4. The largest absolute Gasteiger partial charge is 0.416 e. The third-order valence-electron chi connectivity index (χ3n) is 2.87. The molecule has 1 amide bonds. The van der Waals surface area contributed by atoms with Gasteiger partial charge in [-0.2, -0.15) is 13.2 Å². The number of alkyl halides is 3. The molecule has 0 atom stereocenters. The molecular formula is C15H11F5N2O. The number of anilines is 2. The second-order valence-electron chi connectivity index (χ2n) is 4.61. The average Bonchev–Trinajstić information content (AvgIpc) is 2.48. The van der Waals surface area contributed by atoms with Crippen LogP contribution in [0, 0.1) is 11.6 Å². The van der Waals surface area contributed by atoms with Crippen LogP contribution in [0.15, 0.2) is 42.5 Å². The van der Waals surface area contributed by atoms with Crippen LogP contribution in [-0.2, 0) is 11.0 Å². The zero-order valence-electron chi connectivity index (χ0n) is 11.5. The molecule has 0 aliphatic heterocycles. The van der Waals surface area contributed by atoms with Gasteiger partial charge in [0.15, 0.2) is 11.6 Å². The lowest BCUT2D eigenvalue weighted by molar-refractivity contribution is -0.137. The highest BCUT2D eigenvalue weighted by atomic mass is 19.4. The molecule has 0 heterocycles. The smallest absolute Gasteiger partial charge is 0.376 e. The number of hydrogen-bond donors (Lipinski definition) is 2. The molecular weight excluding hydrogens is 319 g/mol. The Balaban J connectivity index is 1.90. The molecule has 0 aliphatic carbocycles. The Hall–Kier alpha value is -2.64. The van der Waals surface area contributed by atoms with Crippen LogP contribution in [0.3, 0.4) is 0 Å². The lowest BCUT2D eigenvalue weighted by atomic mass is 10.2. The molecule has 0 radical (unpaired) electrons. The van der Waals surface area contributed by atoms with Crippen molar-refractivity contribution in [1.82, 2.24) is 0 Å². The first kappa shape index (κ1) is 16.7. The Morgan fingerprint density at radius 1 is 0.913 bits per heavy atom. The van der Waals surface area contributed by atoms with Crippen molar-refractivity contribution in [3.05, 3.63) is 59.7 Å². The zero-order chi connectivity index (χ0) is 17.0. The third kappa shape index (κ3) is 4.67. The Morgan fingerprint density at radius 2 is 1.52 bits per heavy atom. The van der Waals surface area contributed by atoms with Gasteiger partial charge in [-0.3, -0.25) is 4.79 Å². The SMILES string of the molecule is O=C(CNc1ccc(C(F)(F)F)cc1)Nc1ccc(F)c(F)c1. The van der Waals surface area contributed by atoms with Crippen LogP contribution in [-0.4, -0.2) is 12.5 Å². The summed E-state index contributed by atoms with van der Waals surface area (Å²) in [6.07, 6.45) is -4.43. The summed E-state index contributed by atoms with van der Waals surface area (Å²) < 4.78 is 62.9. The van der Waals surface area contributed by atoms with E-state index in [9.17, 15) is 26.7 Å². The van der Waals surface area contributed by atoms with E-state index in [0.29, 0.717) is 5.69 Å². The summed E-state index contributed by atoms with van der Waals surface area (Å²) in [6, 6.07) is 7.03. The first-order valence-corrected chi connectivity index (χ1v) is 6.42. The first-order valence-electron chi connectivity index (χ1n) is 6.42. The predicted octanol–water partition coefficient (Wildman–Crippen LogP) is 4.03. The molecule has 8 heteroatoms. The van der Waals surface area contributed by atoms with Crippen LogP contribution in [0.1, 0.15) is 5.56 Å². The van der Waals surface area contributed by atoms with Crippen molar-refractivity contribution in [3.63, 3.8) is 0 Å². The van der Waals surface area contributed by atoms with E-state index in [1.165, 1.54) is 18.2 Å². The second kappa shape index (κ2) is 6.64. The average molecular weight is 330 g/mol. The van der Waals surface area contributed by atoms with Gasteiger partial charge in [0.25, 0.3) is 0 Å². The number of amides is 1. The number of halogens is 5. The fraction of sp³-hybridized carbons (Fsp3) is 0.133. The van der Waals surface area contributed by atoms with Crippen LogP contribution in [0.5, 0.6) is 0 Å². The third-order valence-corrected chi connectivity index (χ3v) is 2.87. The molecule has 2 aromatic carbocycles. The maximum atomic E-state index is 13.0. The molecule has 0 unspecified atom stereocenters. The Morgan fingerprint density at radius 3 is 2.09 bits per heavy atom. The molecule has 3 nitrogen and oxygen atoms in total. The van der Waals surface area contributed by atoms with Gasteiger partial charge in [0, 0.05) is 17.4 Å². The molecule has 122 valence electrons. The second-order valence-corrected chi connectivity index (χ2v) is 4.61. The minimum absolute atomic E-state index is 0.0723. The molecule has 0 fully saturated rings. The summed E-state index contributed by atoms with van der Waals surface area (Å²) in [5.41, 5.74) is -0.407. The van der Waals surface area contributed by atoms with E-state index >= 15 is 0 Å². The minimum Gasteiger partial charge on any atom is -0.376 e. The van der Waals surface area contributed by atoms with Crippen molar-refractivity contribution in [1.29, 1.82) is 0 Å². The van der Waals surface area contributed by atoms with Gasteiger partial charge < -0.3 is 10.6 Å². The molecule has 0 saturated carbocycles. The van der Waals surface area contributed by atoms with E-state index in [1.807, 2.05) is 0 Å². The van der Waals surface area contributed by atoms with E-state index in [2.05, 4.69) is 10.6 Å². The fourth-order valence-electron chi connectivity index (χ4n) is 1.74. The first-order chi connectivity index (χ1) is 10.8. The molecule has 0 aromatic heterocycles. The minimum atomic E-state index is -4.43. The van der Waals surface area contributed by atoms with Crippen molar-refractivity contribution in [2.45, 2.75) is 6.18 Å². The normalized spacial score (nSPS) is 11.2. The van der Waals surface area contributed by atoms with Crippen molar-refractivity contribution in [2.24, 2.45) is 0 Å². The van der Waals surface area contributed by atoms with Crippen LogP contribution in [0.4, 0.5) is 33.3 Å². The van der Waals surface area contributed by atoms with Crippen LogP contribution in [0.2, 0.25) is 0 Å². The predicted molar refractivity (Wildman–Crippen MR) is 74.9 cm³/mol. The standard InChI is InChI=1S/C15H11F5N2O/c16-12-6-5-11(7-13(12)17)22-14(23)8-21-10-3-1-9(2-4-10)15(18,19)20/h1-7,21H,8H2,(H,22,23). The van der Waals surface area contributed by atoms with Crippen LogP contribution < -0.4 is 10.6 Å². The maximum Gasteiger partial charge on any atom is 0.416 e. The Labute approximate surface area is 128 Å². The number of hydrogen-bond acceptors (Lipinski definition) is 2. The molecule has 2 rings (SSSR count). The van der Waals surface area contributed by atoms with E-state index in [0.717, 1.165) is 24.3 Å². The van der Waals surface area contributed by atoms with Gasteiger partial charge in [0.2, 0.25) is 5.91 Å². The zero-order valence-corrected chi connectivity index (χ0v) is 11.5. The van der Waals surface area contributed by atoms with Gasteiger partial charge >= 0.3 is 6.18 Å². The Bertz CT molecular complexity index is 698. The topological polar surface area (TPSA) is 41.1 Å². The van der Waals surface area contributed by atoms with Gasteiger partial charge in [-0.1, -0.05) is 0 Å². The Kier molecular flexibility index (Phi) is 4.83. The monoisotopic (exact) mass is 330 g/mol. The van der Waals surface area contributed by atoms with E-state index < -0.39 is 29.3 Å². The summed E-state index contributed by atoms with van der Waals surface area (Å²) in [5.74, 6) is -2.69. The van der Waals surface area contributed by atoms with Crippen molar-refractivity contribution in [3.8, 4) is 0 Å². The van der Waals surface area contributed by atoms with Gasteiger partial charge in [-0.05, 0) is 36.4 Å². The van der Waals surface area contributed by atoms with Crippen LogP contribution in [0.25, 0.3) is 0 Å². The highest BCUT2D eigenvalue weighted by Gasteiger charge is 2.29. The molecule has 0 aliphatic rings. The number of carbonyl (C=O) groups is 1. The van der Waals surface area contributed by atoms with Crippen molar-refractivity contribution < 1.29 is 26.7 Å². The van der Waals surface area contributed by atoms with Gasteiger partial charge in [0.1, 0.15) is 0 Å². The quantitative estimate of drug-likeness (QED) is 0.831. The lowest BCUT2D eigenvalue weighted by Crippen LogP contribution is -2.21. The number of nitrogens with one attached hydrogen (secondary N) is 2.